The minimum atomic E-state index is -0.777. The average Bonchev–Trinajstić information content (AvgIpc) is 2.37. The molecule has 1 amide bonds. The molecule has 0 aliphatic rings. The van der Waals surface area contributed by atoms with Crippen LogP contribution in [0.2, 0.25) is 0 Å². The van der Waals surface area contributed by atoms with E-state index >= 15 is 0 Å². The fraction of sp³-hybridized carbons (Fsp3) is 0. The molecule has 7 heteroatoms. The van der Waals surface area contributed by atoms with Crippen LogP contribution in [-0.4, -0.2) is 10.9 Å². The zero-order valence-corrected chi connectivity index (χ0v) is 9.65. The van der Waals surface area contributed by atoms with E-state index in [-0.39, 0.29) is 11.4 Å². The standard InChI is InChI=1S/C12H10F2N4O/c13-7-4-8(14)6-9(5-7)16-12(19)10-2-1-3-11(17-10)18-15/h1-6H,15H2,(H,16,19)(H,17,18). The molecule has 0 aliphatic carbocycles. The summed E-state index contributed by atoms with van der Waals surface area (Å²) in [6, 6.07) is 7.32. The van der Waals surface area contributed by atoms with Crippen LogP contribution in [0, 0.1) is 11.6 Å². The number of carbonyl (C=O) groups is 1. The molecule has 0 bridgehead atoms. The third kappa shape index (κ3) is 3.23. The SMILES string of the molecule is NNc1cccc(C(=O)Nc2cc(F)cc(F)c2)n1. The third-order valence-corrected chi connectivity index (χ3v) is 2.25. The summed E-state index contributed by atoms with van der Waals surface area (Å²) in [5, 5.41) is 2.34. The Morgan fingerprint density at radius 1 is 1.16 bits per heavy atom. The van der Waals surface area contributed by atoms with Crippen LogP contribution in [0.1, 0.15) is 10.5 Å². The van der Waals surface area contributed by atoms with Crippen LogP contribution in [-0.2, 0) is 0 Å². The first-order chi connectivity index (χ1) is 9.08. The number of hydrazine groups is 1. The number of nitrogens with one attached hydrogen (secondary N) is 2. The number of nitrogens with two attached hydrogens (primary N) is 1. The molecular weight excluding hydrogens is 254 g/mol. The van der Waals surface area contributed by atoms with Crippen molar-refractivity contribution in [2.75, 3.05) is 10.7 Å². The summed E-state index contributed by atoms with van der Waals surface area (Å²) in [6.07, 6.45) is 0. The molecule has 0 fully saturated rings. The van der Waals surface area contributed by atoms with E-state index in [1.54, 1.807) is 12.1 Å². The topological polar surface area (TPSA) is 80.0 Å². The second-order valence-electron chi connectivity index (χ2n) is 3.66. The minimum absolute atomic E-state index is 0.00964. The van der Waals surface area contributed by atoms with Crippen molar-refractivity contribution in [3.8, 4) is 0 Å². The van der Waals surface area contributed by atoms with Crippen LogP contribution in [0.3, 0.4) is 0 Å². The van der Waals surface area contributed by atoms with E-state index in [0.717, 1.165) is 12.1 Å². The molecule has 98 valence electrons. The van der Waals surface area contributed by atoms with Gasteiger partial charge in [-0.1, -0.05) is 6.07 Å². The largest absolute Gasteiger partial charge is 0.320 e. The predicted octanol–water partition coefficient (Wildman–Crippen LogP) is 1.90. The minimum Gasteiger partial charge on any atom is -0.320 e. The first kappa shape index (κ1) is 12.9. The van der Waals surface area contributed by atoms with Gasteiger partial charge in [0, 0.05) is 11.8 Å². The number of aromatic nitrogens is 1. The Kier molecular flexibility index (Phi) is 3.67. The monoisotopic (exact) mass is 264 g/mol. The van der Waals surface area contributed by atoms with Gasteiger partial charge >= 0.3 is 0 Å². The Morgan fingerprint density at radius 2 is 1.84 bits per heavy atom. The molecule has 2 rings (SSSR count). The lowest BCUT2D eigenvalue weighted by Crippen LogP contribution is -2.16. The molecule has 4 N–H and O–H groups in total. The Labute approximate surface area is 107 Å². The molecule has 0 unspecified atom stereocenters. The van der Waals surface area contributed by atoms with Gasteiger partial charge < -0.3 is 10.7 Å². The number of nitrogens with zero attached hydrogens (tertiary/aromatic N) is 1. The predicted molar refractivity (Wildman–Crippen MR) is 66.4 cm³/mol. The lowest BCUT2D eigenvalue weighted by atomic mass is 10.2. The highest BCUT2D eigenvalue weighted by Gasteiger charge is 2.09. The van der Waals surface area contributed by atoms with Crippen molar-refractivity contribution in [2.24, 2.45) is 5.84 Å². The quantitative estimate of drug-likeness (QED) is 0.584. The summed E-state index contributed by atoms with van der Waals surface area (Å²) in [6.45, 7) is 0. The molecule has 0 spiro atoms. The van der Waals surface area contributed by atoms with Gasteiger partial charge in [0.15, 0.2) is 0 Å². The van der Waals surface area contributed by atoms with E-state index in [0.29, 0.717) is 11.9 Å². The van der Waals surface area contributed by atoms with Crippen molar-refractivity contribution in [3.63, 3.8) is 0 Å². The molecule has 0 aliphatic heterocycles. The zero-order chi connectivity index (χ0) is 13.8. The number of benzene rings is 1. The first-order valence-electron chi connectivity index (χ1n) is 5.29. The molecule has 1 aromatic carbocycles. The maximum absolute atomic E-state index is 13.0. The summed E-state index contributed by atoms with van der Waals surface area (Å²) in [5.74, 6) is 3.32. The lowest BCUT2D eigenvalue weighted by Gasteiger charge is -2.06. The Bertz CT molecular complexity index is 598. The van der Waals surface area contributed by atoms with Crippen LogP contribution in [0.5, 0.6) is 0 Å². The number of carbonyl (C=O) groups excluding carboxylic acids is 1. The average molecular weight is 264 g/mol. The number of hydrogen-bond acceptors (Lipinski definition) is 4. The molecule has 1 heterocycles. The van der Waals surface area contributed by atoms with E-state index in [1.165, 1.54) is 6.07 Å². The van der Waals surface area contributed by atoms with E-state index in [9.17, 15) is 13.6 Å². The van der Waals surface area contributed by atoms with Crippen LogP contribution < -0.4 is 16.6 Å². The van der Waals surface area contributed by atoms with E-state index in [2.05, 4.69) is 15.7 Å². The van der Waals surface area contributed by atoms with Crippen LogP contribution in [0.15, 0.2) is 36.4 Å². The third-order valence-electron chi connectivity index (χ3n) is 2.25. The maximum Gasteiger partial charge on any atom is 0.274 e. The van der Waals surface area contributed by atoms with Crippen molar-refractivity contribution < 1.29 is 13.6 Å². The second kappa shape index (κ2) is 5.40. The Balaban J connectivity index is 2.20. The molecule has 1 aromatic heterocycles. The van der Waals surface area contributed by atoms with Gasteiger partial charge in [0.25, 0.3) is 5.91 Å². The number of hydrogen-bond donors (Lipinski definition) is 3. The second-order valence-corrected chi connectivity index (χ2v) is 3.66. The van der Waals surface area contributed by atoms with Crippen molar-refractivity contribution in [2.45, 2.75) is 0 Å². The molecule has 2 aromatic rings. The van der Waals surface area contributed by atoms with Gasteiger partial charge in [0.1, 0.15) is 23.1 Å². The van der Waals surface area contributed by atoms with Gasteiger partial charge in [-0.3, -0.25) is 4.79 Å². The van der Waals surface area contributed by atoms with Crippen LogP contribution in [0.4, 0.5) is 20.3 Å². The van der Waals surface area contributed by atoms with Crippen molar-refractivity contribution in [3.05, 3.63) is 53.7 Å². The van der Waals surface area contributed by atoms with Crippen molar-refractivity contribution >= 4 is 17.4 Å². The molecule has 19 heavy (non-hydrogen) atoms. The molecule has 0 atom stereocenters. The normalized spacial score (nSPS) is 10.1. The van der Waals surface area contributed by atoms with Gasteiger partial charge in [-0.05, 0) is 24.3 Å². The fourth-order valence-corrected chi connectivity index (χ4v) is 1.46. The number of nitrogen functional groups attached to an aromatic ring is 1. The van der Waals surface area contributed by atoms with E-state index in [1.807, 2.05) is 0 Å². The molecule has 0 saturated heterocycles. The number of anilines is 2. The van der Waals surface area contributed by atoms with Gasteiger partial charge in [0.2, 0.25) is 0 Å². The Morgan fingerprint density at radius 3 is 2.47 bits per heavy atom. The fourth-order valence-electron chi connectivity index (χ4n) is 1.46. The summed E-state index contributed by atoms with van der Waals surface area (Å²) in [5.41, 5.74) is 2.37. The smallest absolute Gasteiger partial charge is 0.274 e. The number of rotatable bonds is 3. The van der Waals surface area contributed by atoms with Gasteiger partial charge in [-0.2, -0.15) is 0 Å². The number of amides is 1. The van der Waals surface area contributed by atoms with E-state index < -0.39 is 17.5 Å². The molecule has 0 radical (unpaired) electrons. The van der Waals surface area contributed by atoms with Gasteiger partial charge in [-0.15, -0.1) is 0 Å². The summed E-state index contributed by atoms with van der Waals surface area (Å²) in [7, 11) is 0. The summed E-state index contributed by atoms with van der Waals surface area (Å²) >= 11 is 0. The summed E-state index contributed by atoms with van der Waals surface area (Å²) < 4.78 is 25.9. The molecular formula is C12H10F2N4O. The number of pyridine rings is 1. The number of halogens is 2. The Hall–Kier alpha value is -2.54. The van der Waals surface area contributed by atoms with Crippen LogP contribution in [0.25, 0.3) is 0 Å². The maximum atomic E-state index is 13.0. The van der Waals surface area contributed by atoms with E-state index in [4.69, 9.17) is 5.84 Å². The van der Waals surface area contributed by atoms with Crippen molar-refractivity contribution in [1.82, 2.24) is 4.98 Å². The van der Waals surface area contributed by atoms with Gasteiger partial charge in [-0.25, -0.2) is 19.6 Å². The van der Waals surface area contributed by atoms with Gasteiger partial charge in [0.05, 0.1) is 0 Å². The molecule has 5 nitrogen and oxygen atoms in total. The lowest BCUT2D eigenvalue weighted by molar-refractivity contribution is 0.102. The summed E-state index contributed by atoms with van der Waals surface area (Å²) in [4.78, 5) is 15.7. The van der Waals surface area contributed by atoms with Crippen molar-refractivity contribution in [1.29, 1.82) is 0 Å². The first-order valence-corrected chi connectivity index (χ1v) is 5.29. The highest BCUT2D eigenvalue weighted by molar-refractivity contribution is 6.03. The highest BCUT2D eigenvalue weighted by atomic mass is 19.1. The zero-order valence-electron chi connectivity index (χ0n) is 9.65. The van der Waals surface area contributed by atoms with Crippen LogP contribution >= 0.6 is 0 Å². The highest BCUT2D eigenvalue weighted by Crippen LogP contribution is 2.14. The molecule has 0 saturated carbocycles.